The molecular weight excluding hydrogens is 180 g/mol. The summed E-state index contributed by atoms with van der Waals surface area (Å²) in [5.41, 5.74) is 1.18. The van der Waals surface area contributed by atoms with E-state index < -0.39 is 0 Å². The minimum atomic E-state index is -0.104. The molecule has 0 N–H and O–H groups in total. The monoisotopic (exact) mass is 188 g/mol. The minimum absolute atomic E-state index is 0.0649. The van der Waals surface area contributed by atoms with Gasteiger partial charge in [-0.05, 0) is 18.2 Å². The lowest BCUT2D eigenvalue weighted by atomic mass is 10.1. The molecule has 1 aliphatic heterocycles. The molecule has 0 unspecified atom stereocenters. The van der Waals surface area contributed by atoms with Crippen molar-refractivity contribution in [2.75, 3.05) is 18.6 Å². The molecule has 0 aromatic heterocycles. The predicted molar refractivity (Wildman–Crippen MR) is 50.1 cm³/mol. The third-order valence-corrected chi connectivity index (χ3v) is 2.17. The average Bonchev–Trinajstić information content (AvgIpc) is 2.23. The molecule has 4 nitrogen and oxygen atoms in total. The van der Waals surface area contributed by atoms with E-state index in [1.165, 1.54) is 4.90 Å². The highest BCUT2D eigenvalue weighted by atomic mass is 16.5. The van der Waals surface area contributed by atoms with Gasteiger partial charge in [0.2, 0.25) is 0 Å². The number of ether oxygens (including phenoxy) is 1. The van der Waals surface area contributed by atoms with Gasteiger partial charge in [-0.15, -0.1) is 0 Å². The van der Waals surface area contributed by atoms with Gasteiger partial charge in [0.1, 0.15) is 5.75 Å². The second-order valence-corrected chi connectivity index (χ2v) is 3.04. The Morgan fingerprint density at radius 3 is 3.07 bits per heavy atom. The molecule has 1 aliphatic rings. The lowest BCUT2D eigenvalue weighted by Gasteiger charge is -2.25. The summed E-state index contributed by atoms with van der Waals surface area (Å²) in [6.45, 7) is 0.0649. The topological polar surface area (TPSA) is 53.3 Å². The Morgan fingerprint density at radius 2 is 2.36 bits per heavy atom. The van der Waals surface area contributed by atoms with E-state index in [0.717, 1.165) is 0 Å². The van der Waals surface area contributed by atoms with Crippen LogP contribution >= 0.6 is 0 Å². The normalized spacial score (nSPS) is 14.3. The number of hydrogen-bond donors (Lipinski definition) is 0. The van der Waals surface area contributed by atoms with Crippen molar-refractivity contribution in [2.24, 2.45) is 0 Å². The van der Waals surface area contributed by atoms with E-state index in [1.807, 2.05) is 6.07 Å². The van der Waals surface area contributed by atoms with Crippen LogP contribution in [0.1, 0.15) is 5.56 Å². The Kier molecular flexibility index (Phi) is 1.86. The van der Waals surface area contributed by atoms with Crippen molar-refractivity contribution < 1.29 is 9.53 Å². The molecule has 0 radical (unpaired) electrons. The molecule has 1 aromatic rings. The van der Waals surface area contributed by atoms with Crippen LogP contribution in [0.4, 0.5) is 5.69 Å². The molecular formula is C10H8N2O2. The predicted octanol–water partition coefficient (Wildman–Crippen LogP) is 0.913. The van der Waals surface area contributed by atoms with Crippen molar-refractivity contribution in [3.63, 3.8) is 0 Å². The second kappa shape index (κ2) is 3.04. The summed E-state index contributed by atoms with van der Waals surface area (Å²) in [6, 6.07) is 7.04. The zero-order valence-corrected chi connectivity index (χ0v) is 7.65. The molecule has 0 saturated carbocycles. The van der Waals surface area contributed by atoms with Gasteiger partial charge in [-0.25, -0.2) is 0 Å². The van der Waals surface area contributed by atoms with E-state index >= 15 is 0 Å². The molecule has 1 heterocycles. The number of carbonyl (C=O) groups is 1. The van der Waals surface area contributed by atoms with Gasteiger partial charge in [0, 0.05) is 7.05 Å². The third-order valence-electron chi connectivity index (χ3n) is 2.17. The van der Waals surface area contributed by atoms with Gasteiger partial charge in [-0.2, -0.15) is 5.26 Å². The lowest BCUT2D eigenvalue weighted by Crippen LogP contribution is -2.35. The van der Waals surface area contributed by atoms with E-state index in [1.54, 1.807) is 25.2 Å². The molecule has 0 spiro atoms. The molecule has 4 heteroatoms. The number of anilines is 1. The van der Waals surface area contributed by atoms with Crippen molar-refractivity contribution in [3.8, 4) is 11.8 Å². The molecule has 0 fully saturated rings. The van der Waals surface area contributed by atoms with Crippen molar-refractivity contribution in [3.05, 3.63) is 23.8 Å². The minimum Gasteiger partial charge on any atom is -0.482 e. The van der Waals surface area contributed by atoms with Crippen LogP contribution in [0.2, 0.25) is 0 Å². The molecule has 1 aromatic carbocycles. The molecule has 0 saturated heterocycles. The van der Waals surface area contributed by atoms with E-state index in [9.17, 15) is 4.79 Å². The Labute approximate surface area is 81.3 Å². The van der Waals surface area contributed by atoms with Crippen LogP contribution in [0, 0.1) is 11.3 Å². The molecule has 1 amide bonds. The van der Waals surface area contributed by atoms with Crippen LogP contribution in [-0.4, -0.2) is 19.6 Å². The van der Waals surface area contributed by atoms with Gasteiger partial charge in [-0.1, -0.05) is 0 Å². The lowest BCUT2D eigenvalue weighted by molar-refractivity contribution is -0.120. The van der Waals surface area contributed by atoms with Gasteiger partial charge in [0.15, 0.2) is 6.61 Å². The van der Waals surface area contributed by atoms with Crippen LogP contribution in [-0.2, 0) is 4.79 Å². The highest BCUT2D eigenvalue weighted by Crippen LogP contribution is 2.31. The number of benzene rings is 1. The fourth-order valence-corrected chi connectivity index (χ4v) is 1.34. The first-order chi connectivity index (χ1) is 6.72. The van der Waals surface area contributed by atoms with Crippen molar-refractivity contribution >= 4 is 11.6 Å². The number of nitriles is 1. The van der Waals surface area contributed by atoms with Gasteiger partial charge in [0.05, 0.1) is 17.3 Å². The second-order valence-electron chi connectivity index (χ2n) is 3.04. The largest absolute Gasteiger partial charge is 0.482 e. The summed E-state index contributed by atoms with van der Waals surface area (Å²) < 4.78 is 5.20. The van der Waals surface area contributed by atoms with Gasteiger partial charge < -0.3 is 9.64 Å². The number of fused-ring (bicyclic) bond motifs is 1. The molecule has 0 atom stereocenters. The van der Waals surface area contributed by atoms with Gasteiger partial charge in [-0.3, -0.25) is 4.79 Å². The number of likely N-dealkylation sites (N-methyl/N-ethyl adjacent to an activating group) is 1. The average molecular weight is 188 g/mol. The maximum atomic E-state index is 11.3. The fraction of sp³-hybridized carbons (Fsp3) is 0.200. The zero-order chi connectivity index (χ0) is 10.1. The van der Waals surface area contributed by atoms with Crippen LogP contribution in [0.3, 0.4) is 0 Å². The zero-order valence-electron chi connectivity index (χ0n) is 7.65. The maximum absolute atomic E-state index is 11.3. The van der Waals surface area contributed by atoms with Crippen LogP contribution in [0.25, 0.3) is 0 Å². The number of amides is 1. The number of nitrogens with zero attached hydrogens (tertiary/aromatic N) is 2. The Balaban J connectivity index is 2.52. The highest BCUT2D eigenvalue weighted by Gasteiger charge is 2.21. The molecule has 0 aliphatic carbocycles. The fourth-order valence-electron chi connectivity index (χ4n) is 1.34. The summed E-state index contributed by atoms with van der Waals surface area (Å²) in [5.74, 6) is 0.540. The van der Waals surface area contributed by atoms with Crippen LogP contribution in [0.15, 0.2) is 18.2 Å². The molecule has 2 rings (SSSR count). The van der Waals surface area contributed by atoms with Gasteiger partial charge in [0.25, 0.3) is 5.91 Å². The Bertz CT molecular complexity index is 434. The first-order valence-electron chi connectivity index (χ1n) is 4.16. The molecule has 0 bridgehead atoms. The summed E-state index contributed by atoms with van der Waals surface area (Å²) in [4.78, 5) is 12.8. The van der Waals surface area contributed by atoms with Crippen molar-refractivity contribution in [1.82, 2.24) is 0 Å². The Hall–Kier alpha value is -2.02. The summed E-state index contributed by atoms with van der Waals surface area (Å²) in [6.07, 6.45) is 0. The smallest absolute Gasteiger partial charge is 0.264 e. The summed E-state index contributed by atoms with van der Waals surface area (Å²) in [7, 11) is 1.67. The third kappa shape index (κ3) is 1.19. The quantitative estimate of drug-likeness (QED) is 0.608. The standard InChI is InChI=1S/C10H8N2O2/c1-12-8-4-7(5-11)2-3-9(8)14-6-10(12)13/h2-4H,6H2,1H3. The van der Waals surface area contributed by atoms with Crippen molar-refractivity contribution in [2.45, 2.75) is 0 Å². The van der Waals surface area contributed by atoms with Crippen LogP contribution < -0.4 is 9.64 Å². The van der Waals surface area contributed by atoms with Gasteiger partial charge >= 0.3 is 0 Å². The van der Waals surface area contributed by atoms with Crippen molar-refractivity contribution in [1.29, 1.82) is 5.26 Å². The SMILES string of the molecule is CN1C(=O)COc2ccc(C#N)cc21. The Morgan fingerprint density at radius 1 is 1.57 bits per heavy atom. The van der Waals surface area contributed by atoms with E-state index in [4.69, 9.17) is 10.00 Å². The number of rotatable bonds is 0. The maximum Gasteiger partial charge on any atom is 0.264 e. The first-order valence-corrected chi connectivity index (χ1v) is 4.16. The molecule has 14 heavy (non-hydrogen) atoms. The number of carbonyl (C=O) groups excluding carboxylic acids is 1. The number of hydrogen-bond acceptors (Lipinski definition) is 3. The van der Waals surface area contributed by atoms with E-state index in [-0.39, 0.29) is 12.5 Å². The van der Waals surface area contributed by atoms with E-state index in [2.05, 4.69) is 0 Å². The van der Waals surface area contributed by atoms with Crippen LogP contribution in [0.5, 0.6) is 5.75 Å². The summed E-state index contributed by atoms with van der Waals surface area (Å²) >= 11 is 0. The first kappa shape index (κ1) is 8.57. The highest BCUT2D eigenvalue weighted by molar-refractivity contribution is 5.97. The summed E-state index contributed by atoms with van der Waals surface area (Å²) in [5, 5.41) is 8.70. The molecule has 70 valence electrons. The van der Waals surface area contributed by atoms with E-state index in [0.29, 0.717) is 17.0 Å².